The Morgan fingerprint density at radius 2 is 1.08 bits per heavy atom. The number of benzene rings is 6. The molecule has 6 aromatic carbocycles. The molecule has 0 bridgehead atoms. The molecule has 10 aromatic rings. The Hall–Kier alpha value is -4.14. The van der Waals surface area contributed by atoms with Crippen LogP contribution in [0.5, 0.6) is 0 Å². The first kappa shape index (κ1) is 20.8. The van der Waals surface area contributed by atoms with Crippen LogP contribution in [0.2, 0.25) is 0 Å². The van der Waals surface area contributed by atoms with Gasteiger partial charge in [-0.15, -0.1) is 0 Å². The summed E-state index contributed by atoms with van der Waals surface area (Å²) >= 11 is 2.19. The van der Waals surface area contributed by atoms with E-state index in [4.69, 9.17) is 0 Å². The van der Waals surface area contributed by atoms with E-state index in [2.05, 4.69) is 120 Å². The summed E-state index contributed by atoms with van der Waals surface area (Å²) in [6.07, 6.45) is 0. The summed E-state index contributed by atoms with van der Waals surface area (Å²) in [6, 6.07) is 43.4. The second-order valence-corrected chi connectivity index (χ2v) is 13.7. The molecule has 0 spiro atoms. The van der Waals surface area contributed by atoms with Crippen molar-refractivity contribution < 1.29 is 0 Å². The summed E-state index contributed by atoms with van der Waals surface area (Å²) in [5, 5.41) is 13.6. The third kappa shape index (κ3) is 2.52. The molecule has 0 saturated heterocycles. The second-order valence-electron chi connectivity index (χ2n) is 10.4. The fourth-order valence-electron chi connectivity index (χ4n) is 7.01. The van der Waals surface area contributed by atoms with Crippen molar-refractivity contribution in [3.05, 3.63) is 115 Å². The van der Waals surface area contributed by atoms with E-state index in [1.807, 2.05) is 11.3 Å². The van der Waals surface area contributed by atoms with Gasteiger partial charge in [-0.25, -0.2) is 0 Å². The van der Waals surface area contributed by atoms with Gasteiger partial charge >= 0.3 is 234 Å². The number of thiophene rings is 1. The van der Waals surface area contributed by atoms with Crippen LogP contribution in [0.25, 0.3) is 88.3 Å². The minimum atomic E-state index is 0.281. The Labute approximate surface area is 232 Å². The standard InChI is InChI=1S/C36H19NSSe/c1-3-14-27-20(8-1)22-10-6-15-29-33(22)34-23(11-7-16-30(34)38-29)24-12-5-13-26-32-28(37(27)35(24)26)19-18-25-21-9-2-4-17-31(21)39-36(25)32/h1-19H. The molecule has 0 unspecified atom stereocenters. The normalized spacial score (nSPS) is 12.6. The van der Waals surface area contributed by atoms with Crippen molar-refractivity contribution in [1.82, 2.24) is 4.40 Å². The van der Waals surface area contributed by atoms with Gasteiger partial charge in [0.15, 0.2) is 0 Å². The summed E-state index contributed by atoms with van der Waals surface area (Å²) in [6.45, 7) is 0. The van der Waals surface area contributed by atoms with E-state index in [1.165, 1.54) is 88.3 Å². The van der Waals surface area contributed by atoms with Crippen molar-refractivity contribution in [3.63, 3.8) is 0 Å². The molecular formula is C36H19NSSe. The van der Waals surface area contributed by atoms with E-state index in [-0.39, 0.29) is 14.5 Å². The summed E-state index contributed by atoms with van der Waals surface area (Å²) in [4.78, 5) is 0. The van der Waals surface area contributed by atoms with Crippen LogP contribution < -0.4 is 0 Å². The molecule has 0 saturated carbocycles. The second kappa shape index (κ2) is 7.28. The third-order valence-corrected chi connectivity index (χ3v) is 12.2. The molecule has 180 valence electrons. The number of fused-ring (bicyclic) bond motifs is 11. The van der Waals surface area contributed by atoms with Crippen molar-refractivity contribution in [2.24, 2.45) is 0 Å². The molecule has 1 nitrogen and oxygen atoms in total. The van der Waals surface area contributed by atoms with Gasteiger partial charge in [0.05, 0.1) is 0 Å². The van der Waals surface area contributed by atoms with E-state index in [9.17, 15) is 0 Å². The predicted molar refractivity (Wildman–Crippen MR) is 172 cm³/mol. The van der Waals surface area contributed by atoms with Gasteiger partial charge in [0, 0.05) is 0 Å². The number of para-hydroxylation sites is 2. The SMILES string of the molecule is c1ccc2c(c1)[se]c1c2ccc2c1c1cccc3c4cccc5sc6cccc(c7ccccc7n2c31)c6c54. The Morgan fingerprint density at radius 1 is 0.436 bits per heavy atom. The Balaban J connectivity index is 1.65. The summed E-state index contributed by atoms with van der Waals surface area (Å²) in [5.41, 5.74) is 3.88. The van der Waals surface area contributed by atoms with Crippen molar-refractivity contribution in [1.29, 1.82) is 0 Å². The van der Waals surface area contributed by atoms with Gasteiger partial charge < -0.3 is 0 Å². The average Bonchev–Trinajstić information content (AvgIpc) is 3.66. The van der Waals surface area contributed by atoms with Crippen LogP contribution in [-0.4, -0.2) is 18.9 Å². The number of aromatic nitrogens is 1. The summed E-state index contributed by atoms with van der Waals surface area (Å²) < 4.78 is 8.29. The van der Waals surface area contributed by atoms with Gasteiger partial charge in [0.1, 0.15) is 0 Å². The number of rotatable bonds is 0. The average molecular weight is 577 g/mol. The van der Waals surface area contributed by atoms with Gasteiger partial charge in [-0.05, 0) is 0 Å². The molecule has 0 atom stereocenters. The van der Waals surface area contributed by atoms with Gasteiger partial charge in [-0.2, -0.15) is 0 Å². The molecule has 0 aliphatic heterocycles. The number of hydrogen-bond donors (Lipinski definition) is 0. The fraction of sp³-hybridized carbons (Fsp3) is 0. The van der Waals surface area contributed by atoms with Gasteiger partial charge in [0.2, 0.25) is 0 Å². The fourth-order valence-corrected chi connectivity index (χ4v) is 10.8. The first-order valence-electron chi connectivity index (χ1n) is 13.3. The number of hydrogen-bond acceptors (Lipinski definition) is 1. The van der Waals surface area contributed by atoms with Crippen LogP contribution in [0.15, 0.2) is 115 Å². The topological polar surface area (TPSA) is 4.41 Å². The Morgan fingerprint density at radius 3 is 1.92 bits per heavy atom. The molecule has 4 aromatic heterocycles. The van der Waals surface area contributed by atoms with Crippen LogP contribution in [0.1, 0.15) is 0 Å². The van der Waals surface area contributed by atoms with E-state index in [1.54, 1.807) is 0 Å². The molecule has 0 aliphatic carbocycles. The maximum atomic E-state index is 2.57. The predicted octanol–water partition coefficient (Wildman–Crippen LogP) is 10.3. The Bertz CT molecular complexity index is 2670. The van der Waals surface area contributed by atoms with Crippen LogP contribution in [0.3, 0.4) is 0 Å². The quantitative estimate of drug-likeness (QED) is 0.158. The molecule has 4 heterocycles. The number of nitrogens with zero attached hydrogens (tertiary/aromatic N) is 1. The maximum absolute atomic E-state index is 2.57. The molecule has 0 amide bonds. The van der Waals surface area contributed by atoms with E-state index in [0.29, 0.717) is 0 Å². The molecule has 39 heavy (non-hydrogen) atoms. The van der Waals surface area contributed by atoms with Crippen molar-refractivity contribution in [3.8, 4) is 0 Å². The molecule has 0 radical (unpaired) electrons. The van der Waals surface area contributed by atoms with Crippen LogP contribution in [0, 0.1) is 0 Å². The summed E-state index contributed by atoms with van der Waals surface area (Å²) in [7, 11) is 0. The molecule has 3 heteroatoms. The van der Waals surface area contributed by atoms with Crippen LogP contribution in [-0.2, 0) is 0 Å². The summed E-state index contributed by atoms with van der Waals surface area (Å²) in [5.74, 6) is 0. The Kier molecular flexibility index (Phi) is 3.88. The first-order valence-corrected chi connectivity index (χ1v) is 15.8. The molecule has 0 fully saturated rings. The van der Waals surface area contributed by atoms with Crippen molar-refractivity contribution >= 4 is 114 Å². The molecule has 0 N–H and O–H groups in total. The molecule has 10 rings (SSSR count). The zero-order chi connectivity index (χ0) is 25.2. The van der Waals surface area contributed by atoms with Gasteiger partial charge in [0.25, 0.3) is 0 Å². The van der Waals surface area contributed by atoms with Gasteiger partial charge in [-0.1, -0.05) is 0 Å². The first-order chi connectivity index (χ1) is 19.4. The molecular weight excluding hydrogens is 557 g/mol. The van der Waals surface area contributed by atoms with E-state index >= 15 is 0 Å². The third-order valence-electron chi connectivity index (χ3n) is 8.54. The van der Waals surface area contributed by atoms with Crippen molar-refractivity contribution in [2.75, 3.05) is 0 Å². The van der Waals surface area contributed by atoms with E-state index in [0.717, 1.165) is 0 Å². The van der Waals surface area contributed by atoms with Crippen LogP contribution >= 0.6 is 11.3 Å². The zero-order valence-electron chi connectivity index (χ0n) is 20.7. The van der Waals surface area contributed by atoms with Gasteiger partial charge in [-0.3, -0.25) is 0 Å². The zero-order valence-corrected chi connectivity index (χ0v) is 23.3. The van der Waals surface area contributed by atoms with Crippen molar-refractivity contribution in [2.45, 2.75) is 0 Å². The monoisotopic (exact) mass is 577 g/mol. The minimum absolute atomic E-state index is 0.281. The van der Waals surface area contributed by atoms with Crippen LogP contribution in [0.4, 0.5) is 0 Å². The molecule has 0 aliphatic rings. The van der Waals surface area contributed by atoms with E-state index < -0.39 is 0 Å².